The van der Waals surface area contributed by atoms with E-state index >= 15 is 0 Å². The first kappa shape index (κ1) is 13.2. The van der Waals surface area contributed by atoms with Crippen molar-refractivity contribution in [3.8, 4) is 11.5 Å². The van der Waals surface area contributed by atoms with Crippen LogP contribution in [-0.2, 0) is 6.54 Å². The second-order valence-corrected chi connectivity index (χ2v) is 4.78. The molecule has 0 amide bonds. The molecule has 0 spiro atoms. The van der Waals surface area contributed by atoms with Crippen LogP contribution in [0.3, 0.4) is 0 Å². The number of hydrogen-bond acceptors (Lipinski definition) is 3. The molecule has 2 rings (SSSR count). The first-order valence-electron chi connectivity index (χ1n) is 6.87. The summed E-state index contributed by atoms with van der Waals surface area (Å²) >= 11 is 0. The van der Waals surface area contributed by atoms with Gasteiger partial charge >= 0.3 is 0 Å². The second-order valence-electron chi connectivity index (χ2n) is 4.78. The van der Waals surface area contributed by atoms with Crippen molar-refractivity contribution in [2.24, 2.45) is 0 Å². The minimum Gasteiger partial charge on any atom is -0.497 e. The lowest BCUT2D eigenvalue weighted by atomic mass is 10.2. The van der Waals surface area contributed by atoms with Gasteiger partial charge in [-0.05, 0) is 38.3 Å². The summed E-state index contributed by atoms with van der Waals surface area (Å²) < 4.78 is 11.4. The molecule has 3 nitrogen and oxygen atoms in total. The monoisotopic (exact) mass is 249 g/mol. The van der Waals surface area contributed by atoms with Crippen LogP contribution in [0.2, 0.25) is 0 Å². The smallest absolute Gasteiger partial charge is 0.127 e. The van der Waals surface area contributed by atoms with E-state index in [-0.39, 0.29) is 0 Å². The van der Waals surface area contributed by atoms with Gasteiger partial charge in [0.25, 0.3) is 0 Å². The maximum Gasteiger partial charge on any atom is 0.127 e. The normalized spacial score (nSPS) is 15.9. The van der Waals surface area contributed by atoms with Crippen molar-refractivity contribution >= 4 is 0 Å². The topological polar surface area (TPSA) is 30.5 Å². The van der Waals surface area contributed by atoms with Crippen LogP contribution in [0, 0.1) is 0 Å². The molecule has 0 atom stereocenters. The molecule has 18 heavy (non-hydrogen) atoms. The minimum absolute atomic E-state index is 0.387. The molecular weight excluding hydrogens is 226 g/mol. The molecule has 0 aromatic heterocycles. The van der Waals surface area contributed by atoms with Gasteiger partial charge in [-0.2, -0.15) is 0 Å². The van der Waals surface area contributed by atoms with Crippen LogP contribution in [0.1, 0.15) is 38.2 Å². The fraction of sp³-hybridized carbons (Fsp3) is 0.600. The fourth-order valence-electron chi connectivity index (χ4n) is 2.36. The van der Waals surface area contributed by atoms with Crippen LogP contribution in [0.15, 0.2) is 18.2 Å². The molecular formula is C15H23NO2. The van der Waals surface area contributed by atoms with E-state index in [1.165, 1.54) is 31.2 Å². The van der Waals surface area contributed by atoms with Gasteiger partial charge in [0, 0.05) is 18.2 Å². The van der Waals surface area contributed by atoms with Crippen LogP contribution in [-0.4, -0.2) is 19.8 Å². The van der Waals surface area contributed by atoms with Crippen LogP contribution < -0.4 is 14.8 Å². The zero-order chi connectivity index (χ0) is 12.8. The lowest BCUT2D eigenvalue weighted by molar-refractivity contribution is 0.206. The van der Waals surface area contributed by atoms with Gasteiger partial charge in [0.15, 0.2) is 0 Å². The van der Waals surface area contributed by atoms with Crippen LogP contribution >= 0.6 is 0 Å². The van der Waals surface area contributed by atoms with Crippen molar-refractivity contribution in [1.29, 1.82) is 0 Å². The van der Waals surface area contributed by atoms with Gasteiger partial charge < -0.3 is 14.8 Å². The summed E-state index contributed by atoms with van der Waals surface area (Å²) in [6.45, 7) is 3.93. The van der Waals surface area contributed by atoms with E-state index < -0.39 is 0 Å². The molecule has 100 valence electrons. The van der Waals surface area contributed by atoms with E-state index in [1.807, 2.05) is 12.1 Å². The summed E-state index contributed by atoms with van der Waals surface area (Å²) in [4.78, 5) is 0. The Balaban J connectivity index is 2.11. The molecule has 0 unspecified atom stereocenters. The maximum atomic E-state index is 6.13. The lowest BCUT2D eigenvalue weighted by Crippen LogP contribution is -2.16. The lowest BCUT2D eigenvalue weighted by Gasteiger charge is -2.17. The zero-order valence-corrected chi connectivity index (χ0v) is 11.4. The van der Waals surface area contributed by atoms with Crippen molar-refractivity contribution in [1.82, 2.24) is 5.32 Å². The molecule has 1 aromatic carbocycles. The molecule has 1 fully saturated rings. The highest BCUT2D eigenvalue weighted by molar-refractivity contribution is 5.41. The Bertz CT molecular complexity index is 373. The van der Waals surface area contributed by atoms with Gasteiger partial charge in [-0.1, -0.05) is 13.0 Å². The summed E-state index contributed by atoms with van der Waals surface area (Å²) in [5, 5.41) is 3.35. The van der Waals surface area contributed by atoms with Gasteiger partial charge in [-0.15, -0.1) is 0 Å². The number of hydrogen-bond donors (Lipinski definition) is 1. The number of ether oxygens (including phenoxy) is 2. The average Bonchev–Trinajstić information content (AvgIpc) is 2.90. The molecule has 1 N–H and O–H groups in total. The Kier molecular flexibility index (Phi) is 4.88. The van der Waals surface area contributed by atoms with Gasteiger partial charge in [0.2, 0.25) is 0 Å². The van der Waals surface area contributed by atoms with Crippen LogP contribution in [0.4, 0.5) is 0 Å². The van der Waals surface area contributed by atoms with E-state index in [0.717, 1.165) is 24.6 Å². The third-order valence-electron chi connectivity index (χ3n) is 3.44. The molecule has 0 bridgehead atoms. The Morgan fingerprint density at radius 1 is 1.28 bits per heavy atom. The summed E-state index contributed by atoms with van der Waals surface area (Å²) in [6.07, 6.45) is 5.32. The highest BCUT2D eigenvalue weighted by Gasteiger charge is 2.18. The van der Waals surface area contributed by atoms with E-state index in [9.17, 15) is 0 Å². The highest BCUT2D eigenvalue weighted by Crippen LogP contribution is 2.29. The Morgan fingerprint density at radius 2 is 2.06 bits per heavy atom. The second kappa shape index (κ2) is 6.64. The van der Waals surface area contributed by atoms with Crippen molar-refractivity contribution in [2.75, 3.05) is 13.7 Å². The zero-order valence-electron chi connectivity index (χ0n) is 11.4. The third-order valence-corrected chi connectivity index (χ3v) is 3.44. The molecule has 0 radical (unpaired) electrons. The minimum atomic E-state index is 0.387. The quantitative estimate of drug-likeness (QED) is 0.840. The fourth-order valence-corrected chi connectivity index (χ4v) is 2.36. The summed E-state index contributed by atoms with van der Waals surface area (Å²) in [5.74, 6) is 1.84. The van der Waals surface area contributed by atoms with Gasteiger partial charge in [0.1, 0.15) is 11.5 Å². The first-order valence-corrected chi connectivity index (χ1v) is 6.87. The van der Waals surface area contributed by atoms with Gasteiger partial charge in [0.05, 0.1) is 13.2 Å². The van der Waals surface area contributed by atoms with Crippen LogP contribution in [0.25, 0.3) is 0 Å². The number of rotatable bonds is 6. The molecule has 0 heterocycles. The molecule has 1 saturated carbocycles. The standard InChI is InChI=1S/C15H23NO2/c1-3-16-11-12-8-9-14(17-2)10-15(12)18-13-6-4-5-7-13/h8-10,13,16H,3-7,11H2,1-2H3. The molecule has 1 aromatic rings. The molecule has 0 saturated heterocycles. The van der Waals surface area contributed by atoms with Crippen molar-refractivity contribution < 1.29 is 9.47 Å². The SMILES string of the molecule is CCNCc1ccc(OC)cc1OC1CCCC1. The number of methoxy groups -OCH3 is 1. The van der Waals surface area contributed by atoms with Gasteiger partial charge in [-0.25, -0.2) is 0 Å². The van der Waals surface area contributed by atoms with Gasteiger partial charge in [-0.3, -0.25) is 0 Å². The predicted molar refractivity (Wildman–Crippen MR) is 73.3 cm³/mol. The van der Waals surface area contributed by atoms with Crippen molar-refractivity contribution in [3.63, 3.8) is 0 Å². The maximum absolute atomic E-state index is 6.13. The number of benzene rings is 1. The summed E-state index contributed by atoms with van der Waals surface area (Å²) in [5.41, 5.74) is 1.21. The summed E-state index contributed by atoms with van der Waals surface area (Å²) in [6, 6.07) is 6.09. The highest BCUT2D eigenvalue weighted by atomic mass is 16.5. The van der Waals surface area contributed by atoms with Crippen molar-refractivity contribution in [2.45, 2.75) is 45.3 Å². The Labute approximate surface area is 109 Å². The third kappa shape index (κ3) is 3.39. The summed E-state index contributed by atoms with van der Waals surface area (Å²) in [7, 11) is 1.69. The van der Waals surface area contributed by atoms with Crippen molar-refractivity contribution in [3.05, 3.63) is 23.8 Å². The van der Waals surface area contributed by atoms with E-state index in [0.29, 0.717) is 6.10 Å². The van der Waals surface area contributed by atoms with E-state index in [4.69, 9.17) is 9.47 Å². The average molecular weight is 249 g/mol. The predicted octanol–water partition coefficient (Wildman–Crippen LogP) is 3.13. The largest absolute Gasteiger partial charge is 0.497 e. The molecule has 1 aliphatic rings. The molecule has 3 heteroatoms. The van der Waals surface area contributed by atoms with E-state index in [2.05, 4.69) is 18.3 Å². The Morgan fingerprint density at radius 3 is 2.72 bits per heavy atom. The Hall–Kier alpha value is -1.22. The number of nitrogens with one attached hydrogen (secondary N) is 1. The van der Waals surface area contributed by atoms with Crippen LogP contribution in [0.5, 0.6) is 11.5 Å². The van der Waals surface area contributed by atoms with E-state index in [1.54, 1.807) is 7.11 Å². The first-order chi connectivity index (χ1) is 8.83. The molecule has 0 aliphatic heterocycles. The molecule has 1 aliphatic carbocycles.